The first-order chi connectivity index (χ1) is 13.1. The molecule has 0 spiro atoms. The Morgan fingerprint density at radius 1 is 1.00 bits per heavy atom. The van der Waals surface area contributed by atoms with E-state index in [1.807, 2.05) is 28.3 Å². The number of piperazine rings is 1. The second-order valence-electron chi connectivity index (χ2n) is 6.80. The molecule has 1 saturated heterocycles. The summed E-state index contributed by atoms with van der Waals surface area (Å²) in [6.45, 7) is 8.43. The minimum Gasteiger partial charge on any atom is -0.338 e. The molecule has 2 aromatic heterocycles. The van der Waals surface area contributed by atoms with Gasteiger partial charge in [0.1, 0.15) is 5.82 Å². The average molecular weight is 382 g/mol. The first kappa shape index (κ1) is 17.8. The molecule has 3 heterocycles. The molecule has 7 nitrogen and oxygen atoms in total. The van der Waals surface area contributed by atoms with E-state index in [-0.39, 0.29) is 0 Å². The number of hydrogen-bond acceptors (Lipinski definition) is 6. The fourth-order valence-electron chi connectivity index (χ4n) is 3.41. The summed E-state index contributed by atoms with van der Waals surface area (Å²) in [4.78, 5) is 13.3. The van der Waals surface area contributed by atoms with Crippen molar-refractivity contribution in [1.82, 2.24) is 29.2 Å². The van der Waals surface area contributed by atoms with Crippen molar-refractivity contribution in [3.05, 3.63) is 58.9 Å². The van der Waals surface area contributed by atoms with Gasteiger partial charge in [0.05, 0.1) is 6.67 Å². The highest BCUT2D eigenvalue weighted by Gasteiger charge is 2.20. The van der Waals surface area contributed by atoms with Crippen molar-refractivity contribution < 1.29 is 0 Å². The van der Waals surface area contributed by atoms with Crippen LogP contribution in [0.2, 0.25) is 0 Å². The summed E-state index contributed by atoms with van der Waals surface area (Å²) >= 11 is 5.71. The monoisotopic (exact) mass is 381 g/mol. The molecule has 27 heavy (non-hydrogen) atoms. The summed E-state index contributed by atoms with van der Waals surface area (Å²) in [5.74, 6) is 1.70. The van der Waals surface area contributed by atoms with Crippen LogP contribution in [0.25, 0.3) is 5.69 Å². The molecule has 0 N–H and O–H groups in total. The number of nitrogens with zero attached hydrogens (tertiary/aromatic N) is 7. The number of rotatable bonds is 4. The molecule has 0 amide bonds. The van der Waals surface area contributed by atoms with Gasteiger partial charge in [-0.1, -0.05) is 12.1 Å². The van der Waals surface area contributed by atoms with Gasteiger partial charge in [-0.25, -0.2) is 14.6 Å². The molecule has 3 aromatic rings. The molecule has 8 heteroatoms. The van der Waals surface area contributed by atoms with Gasteiger partial charge in [-0.15, -0.1) is 0 Å². The van der Waals surface area contributed by atoms with Crippen molar-refractivity contribution in [3.63, 3.8) is 0 Å². The lowest BCUT2D eigenvalue weighted by Gasteiger charge is -2.34. The Labute approximate surface area is 163 Å². The third-order valence-electron chi connectivity index (χ3n) is 4.80. The maximum absolute atomic E-state index is 5.71. The van der Waals surface area contributed by atoms with E-state index in [4.69, 9.17) is 12.2 Å². The lowest BCUT2D eigenvalue weighted by molar-refractivity contribution is 0.193. The molecule has 0 bridgehead atoms. The molecule has 0 saturated carbocycles. The Balaban J connectivity index is 1.47. The minimum atomic E-state index is 0.696. The van der Waals surface area contributed by atoms with E-state index in [1.165, 1.54) is 5.56 Å². The van der Waals surface area contributed by atoms with Gasteiger partial charge in [-0.3, -0.25) is 9.47 Å². The van der Waals surface area contributed by atoms with Gasteiger partial charge in [0.2, 0.25) is 10.7 Å². The van der Waals surface area contributed by atoms with Crippen molar-refractivity contribution in [3.8, 4) is 5.69 Å². The summed E-state index contributed by atoms with van der Waals surface area (Å²) in [7, 11) is 0. The zero-order valence-corrected chi connectivity index (χ0v) is 16.4. The topological polar surface area (TPSA) is 55.0 Å². The third kappa shape index (κ3) is 3.77. The Morgan fingerprint density at radius 2 is 1.74 bits per heavy atom. The summed E-state index contributed by atoms with van der Waals surface area (Å²) in [6.07, 6.45) is 3.57. The van der Waals surface area contributed by atoms with Gasteiger partial charge < -0.3 is 4.90 Å². The van der Waals surface area contributed by atoms with E-state index in [1.54, 1.807) is 12.4 Å². The van der Waals surface area contributed by atoms with Crippen LogP contribution in [0.5, 0.6) is 0 Å². The van der Waals surface area contributed by atoms with E-state index in [2.05, 4.69) is 50.0 Å². The second kappa shape index (κ2) is 7.58. The predicted octanol–water partition coefficient (Wildman–Crippen LogP) is 2.59. The fraction of sp³-hybridized carbons (Fsp3) is 0.368. The Kier molecular flexibility index (Phi) is 5.00. The van der Waals surface area contributed by atoms with Gasteiger partial charge in [0.25, 0.3) is 0 Å². The smallest absolute Gasteiger partial charge is 0.225 e. The Hall–Kier alpha value is -2.58. The van der Waals surface area contributed by atoms with E-state index in [0.717, 1.165) is 48.4 Å². The van der Waals surface area contributed by atoms with Crippen LogP contribution in [-0.4, -0.2) is 55.4 Å². The molecule has 0 atom stereocenters. The highest BCUT2D eigenvalue weighted by Crippen LogP contribution is 2.15. The molecule has 0 aliphatic carbocycles. The Morgan fingerprint density at radius 3 is 2.44 bits per heavy atom. The number of aryl methyl sites for hydroxylation is 2. The lowest BCUT2D eigenvalue weighted by atomic mass is 10.2. The zero-order chi connectivity index (χ0) is 18.8. The van der Waals surface area contributed by atoms with Crippen molar-refractivity contribution in [2.75, 3.05) is 31.1 Å². The van der Waals surface area contributed by atoms with E-state index in [0.29, 0.717) is 6.67 Å². The quantitative estimate of drug-likeness (QED) is 0.648. The van der Waals surface area contributed by atoms with Gasteiger partial charge in [0, 0.05) is 44.3 Å². The summed E-state index contributed by atoms with van der Waals surface area (Å²) in [6, 6.07) is 10.2. The van der Waals surface area contributed by atoms with Crippen LogP contribution in [0, 0.1) is 18.6 Å². The van der Waals surface area contributed by atoms with Crippen LogP contribution < -0.4 is 4.90 Å². The molecular formula is C19H23N7S. The van der Waals surface area contributed by atoms with Crippen LogP contribution in [-0.2, 0) is 6.67 Å². The van der Waals surface area contributed by atoms with Crippen molar-refractivity contribution >= 4 is 18.2 Å². The molecule has 1 fully saturated rings. The minimum absolute atomic E-state index is 0.696. The van der Waals surface area contributed by atoms with Crippen molar-refractivity contribution in [2.24, 2.45) is 0 Å². The van der Waals surface area contributed by atoms with E-state index < -0.39 is 0 Å². The normalized spacial score (nSPS) is 15.3. The van der Waals surface area contributed by atoms with Gasteiger partial charge in [-0.2, -0.15) is 5.10 Å². The average Bonchev–Trinajstić information content (AvgIpc) is 2.96. The van der Waals surface area contributed by atoms with E-state index >= 15 is 0 Å². The maximum atomic E-state index is 5.71. The molecular weight excluding hydrogens is 358 g/mol. The number of aromatic nitrogens is 5. The number of anilines is 1. The van der Waals surface area contributed by atoms with E-state index in [9.17, 15) is 0 Å². The van der Waals surface area contributed by atoms with Crippen LogP contribution in [0.15, 0.2) is 42.7 Å². The molecule has 140 valence electrons. The molecule has 0 unspecified atom stereocenters. The summed E-state index contributed by atoms with van der Waals surface area (Å²) < 4.78 is 4.69. The largest absolute Gasteiger partial charge is 0.338 e. The SMILES string of the molecule is Cc1cccc(-n2c(C)nn(CN3CCN(c4ncccn4)CC3)c2=S)c1. The summed E-state index contributed by atoms with van der Waals surface area (Å²) in [5, 5.41) is 4.68. The lowest BCUT2D eigenvalue weighted by Crippen LogP contribution is -2.47. The second-order valence-corrected chi connectivity index (χ2v) is 7.16. The number of benzene rings is 1. The predicted molar refractivity (Wildman–Crippen MR) is 108 cm³/mol. The third-order valence-corrected chi connectivity index (χ3v) is 5.20. The fourth-order valence-corrected chi connectivity index (χ4v) is 3.74. The van der Waals surface area contributed by atoms with Crippen molar-refractivity contribution in [2.45, 2.75) is 20.5 Å². The molecule has 0 radical (unpaired) electrons. The number of hydrogen-bond donors (Lipinski definition) is 0. The van der Waals surface area contributed by atoms with Crippen LogP contribution in [0.1, 0.15) is 11.4 Å². The first-order valence-corrected chi connectivity index (χ1v) is 9.50. The van der Waals surface area contributed by atoms with Gasteiger partial charge >= 0.3 is 0 Å². The zero-order valence-electron chi connectivity index (χ0n) is 15.6. The Bertz CT molecular complexity index is 971. The molecule has 1 aliphatic heterocycles. The van der Waals surface area contributed by atoms with Crippen LogP contribution >= 0.6 is 12.2 Å². The van der Waals surface area contributed by atoms with Crippen LogP contribution in [0.4, 0.5) is 5.95 Å². The standard InChI is InChI=1S/C19H23N7S/c1-15-5-3-6-17(13-15)26-16(2)22-25(19(26)27)14-23-9-11-24(12-10-23)18-20-7-4-8-21-18/h3-8,13H,9-12,14H2,1-2H3. The molecule has 1 aromatic carbocycles. The van der Waals surface area contributed by atoms with Gasteiger partial charge in [0.15, 0.2) is 0 Å². The first-order valence-electron chi connectivity index (χ1n) is 9.09. The van der Waals surface area contributed by atoms with Gasteiger partial charge in [-0.05, 0) is 49.8 Å². The maximum Gasteiger partial charge on any atom is 0.225 e. The van der Waals surface area contributed by atoms with Crippen molar-refractivity contribution in [1.29, 1.82) is 0 Å². The van der Waals surface area contributed by atoms with Crippen LogP contribution in [0.3, 0.4) is 0 Å². The summed E-state index contributed by atoms with van der Waals surface area (Å²) in [5.41, 5.74) is 2.27. The molecule has 4 rings (SSSR count). The highest BCUT2D eigenvalue weighted by atomic mass is 32.1. The molecule has 1 aliphatic rings. The highest BCUT2D eigenvalue weighted by molar-refractivity contribution is 7.71.